The second-order valence-electron chi connectivity index (χ2n) is 6.10. The third-order valence-corrected chi connectivity index (χ3v) is 4.32. The Balaban J connectivity index is 2.63. The molecule has 0 aliphatic carbocycles. The quantitative estimate of drug-likeness (QED) is 0.524. The molecule has 0 spiro atoms. The molecule has 152 valence electrons. The van der Waals surface area contributed by atoms with Crippen LogP contribution in [0.25, 0.3) is 0 Å². The van der Waals surface area contributed by atoms with Crippen LogP contribution in [0, 0.1) is 22.7 Å². The molecule has 0 amide bonds. The molecule has 1 aliphatic heterocycles. The Morgan fingerprint density at radius 2 is 2.10 bits per heavy atom. The number of allylic oxidation sites excluding steroid dienone is 2. The van der Waals surface area contributed by atoms with Gasteiger partial charge in [0.25, 0.3) is 0 Å². The molecule has 1 aromatic carbocycles. The van der Waals surface area contributed by atoms with Crippen LogP contribution >= 0.6 is 0 Å². The Morgan fingerprint density at radius 1 is 1.34 bits per heavy atom. The van der Waals surface area contributed by atoms with E-state index < -0.39 is 11.9 Å². The number of esters is 1. The lowest BCUT2D eigenvalue weighted by atomic mass is 9.82. The van der Waals surface area contributed by atoms with Gasteiger partial charge >= 0.3 is 5.97 Å². The molecule has 0 saturated heterocycles. The van der Waals surface area contributed by atoms with Crippen LogP contribution in [0.15, 0.2) is 41.0 Å². The van der Waals surface area contributed by atoms with Gasteiger partial charge in [-0.25, -0.2) is 4.79 Å². The Bertz CT molecular complexity index is 921. The highest BCUT2D eigenvalue weighted by molar-refractivity contribution is 5.93. The van der Waals surface area contributed by atoms with Gasteiger partial charge < -0.3 is 24.7 Å². The van der Waals surface area contributed by atoms with Gasteiger partial charge in [0.1, 0.15) is 17.4 Å². The first kappa shape index (κ1) is 21.6. The molecule has 8 nitrogen and oxygen atoms in total. The number of ether oxygens (including phenoxy) is 4. The molecule has 1 atom stereocenters. The Morgan fingerprint density at radius 3 is 2.72 bits per heavy atom. The summed E-state index contributed by atoms with van der Waals surface area (Å²) in [4.78, 5) is 12.7. The molecule has 0 bridgehead atoms. The molecule has 0 saturated carbocycles. The summed E-state index contributed by atoms with van der Waals surface area (Å²) in [6, 6.07) is 9.27. The number of nitrogens with two attached hydrogens (primary N) is 1. The summed E-state index contributed by atoms with van der Waals surface area (Å²) in [5.74, 6) is -0.468. The maximum atomic E-state index is 12.7. The molecule has 2 N–H and O–H groups in total. The SMILES string of the molecule is CCOC(=O)C1=C(C)OC(N)=C(C#N)C1c1cccc(OC)c1OCCCC#N. The second kappa shape index (κ2) is 10.0. The van der Waals surface area contributed by atoms with Crippen molar-refractivity contribution in [3.8, 4) is 23.6 Å². The average Bonchev–Trinajstić information content (AvgIpc) is 2.70. The summed E-state index contributed by atoms with van der Waals surface area (Å²) in [6.07, 6.45) is 0.857. The number of carbonyl (C=O) groups is 1. The van der Waals surface area contributed by atoms with Crippen LogP contribution < -0.4 is 15.2 Å². The van der Waals surface area contributed by atoms with Crippen molar-refractivity contribution in [3.63, 3.8) is 0 Å². The highest BCUT2D eigenvalue weighted by Crippen LogP contribution is 2.45. The zero-order valence-electron chi connectivity index (χ0n) is 16.7. The maximum Gasteiger partial charge on any atom is 0.338 e. The fraction of sp³-hybridized carbons (Fsp3) is 0.381. The van der Waals surface area contributed by atoms with Crippen molar-refractivity contribution in [1.29, 1.82) is 10.5 Å². The number of rotatable bonds is 8. The fourth-order valence-electron chi connectivity index (χ4n) is 3.07. The molecule has 0 aromatic heterocycles. The van der Waals surface area contributed by atoms with Gasteiger partial charge in [0, 0.05) is 12.0 Å². The van der Waals surface area contributed by atoms with Gasteiger partial charge in [0.2, 0.25) is 5.88 Å². The van der Waals surface area contributed by atoms with Crippen molar-refractivity contribution in [2.45, 2.75) is 32.6 Å². The van der Waals surface area contributed by atoms with Gasteiger partial charge in [-0.2, -0.15) is 10.5 Å². The summed E-state index contributed by atoms with van der Waals surface area (Å²) in [5, 5.41) is 18.5. The molecule has 1 heterocycles. The van der Waals surface area contributed by atoms with Gasteiger partial charge in [-0.3, -0.25) is 0 Å². The highest BCUT2D eigenvalue weighted by atomic mass is 16.5. The van der Waals surface area contributed by atoms with Crippen LogP contribution in [-0.4, -0.2) is 26.3 Å². The van der Waals surface area contributed by atoms with Crippen LogP contribution in [0.5, 0.6) is 11.5 Å². The zero-order chi connectivity index (χ0) is 21.4. The van der Waals surface area contributed by atoms with E-state index in [4.69, 9.17) is 29.9 Å². The summed E-state index contributed by atoms with van der Waals surface area (Å²) < 4.78 is 21.9. The van der Waals surface area contributed by atoms with E-state index in [9.17, 15) is 10.1 Å². The molecule has 2 rings (SSSR count). The maximum absolute atomic E-state index is 12.7. The van der Waals surface area contributed by atoms with E-state index in [-0.39, 0.29) is 36.0 Å². The topological polar surface area (TPSA) is 128 Å². The van der Waals surface area contributed by atoms with Gasteiger partial charge in [-0.1, -0.05) is 12.1 Å². The van der Waals surface area contributed by atoms with Gasteiger partial charge in [-0.05, 0) is 26.3 Å². The standard InChI is InChI=1S/C21H23N3O5/c1-4-27-21(25)17-13(2)29-20(24)15(12-23)18(17)14-8-7-9-16(26-3)19(14)28-11-6-5-10-22/h7-9,18H,4-6,11,24H2,1-3H3. The number of unbranched alkanes of at least 4 members (excludes halogenated alkanes) is 1. The van der Waals surface area contributed by atoms with Gasteiger partial charge in [-0.15, -0.1) is 0 Å². The molecule has 1 unspecified atom stereocenters. The lowest BCUT2D eigenvalue weighted by molar-refractivity contribution is -0.139. The van der Waals surface area contributed by atoms with Crippen LogP contribution in [0.1, 0.15) is 38.2 Å². The summed E-state index contributed by atoms with van der Waals surface area (Å²) in [5.41, 5.74) is 6.72. The second-order valence-corrected chi connectivity index (χ2v) is 6.10. The van der Waals surface area contributed by atoms with Crippen molar-refractivity contribution >= 4 is 5.97 Å². The van der Waals surface area contributed by atoms with Crippen LogP contribution in [-0.2, 0) is 14.3 Å². The first-order valence-electron chi connectivity index (χ1n) is 9.12. The zero-order valence-corrected chi connectivity index (χ0v) is 16.7. The van der Waals surface area contributed by atoms with Gasteiger partial charge in [0.15, 0.2) is 11.5 Å². The van der Waals surface area contributed by atoms with Crippen molar-refractivity contribution in [2.75, 3.05) is 20.3 Å². The van der Waals surface area contributed by atoms with E-state index in [1.54, 1.807) is 32.0 Å². The fourth-order valence-corrected chi connectivity index (χ4v) is 3.07. The normalized spacial score (nSPS) is 15.8. The van der Waals surface area contributed by atoms with Crippen molar-refractivity contribution in [3.05, 3.63) is 46.6 Å². The Hall–Kier alpha value is -3.65. The number of hydrogen-bond donors (Lipinski definition) is 1. The largest absolute Gasteiger partial charge is 0.493 e. The first-order valence-corrected chi connectivity index (χ1v) is 9.12. The Labute approximate surface area is 169 Å². The van der Waals surface area contributed by atoms with E-state index in [0.717, 1.165) is 0 Å². The average molecular weight is 397 g/mol. The first-order chi connectivity index (χ1) is 14.0. The predicted molar refractivity (Wildman–Crippen MR) is 103 cm³/mol. The summed E-state index contributed by atoms with van der Waals surface area (Å²) >= 11 is 0. The molecular formula is C21H23N3O5. The number of carbonyl (C=O) groups excluding carboxylic acids is 1. The predicted octanol–water partition coefficient (Wildman–Crippen LogP) is 3.02. The van der Waals surface area contributed by atoms with Gasteiger partial charge in [0.05, 0.1) is 37.9 Å². The monoisotopic (exact) mass is 397 g/mol. The Kier molecular flexibility index (Phi) is 7.50. The number of hydrogen-bond acceptors (Lipinski definition) is 8. The summed E-state index contributed by atoms with van der Waals surface area (Å²) in [7, 11) is 1.49. The number of para-hydroxylation sites is 1. The molecule has 0 fully saturated rings. The molecule has 1 aromatic rings. The molecule has 8 heteroatoms. The number of nitrogens with zero attached hydrogens (tertiary/aromatic N) is 2. The molecule has 0 radical (unpaired) electrons. The minimum Gasteiger partial charge on any atom is -0.493 e. The van der Waals surface area contributed by atoms with E-state index >= 15 is 0 Å². The highest BCUT2D eigenvalue weighted by Gasteiger charge is 2.38. The van der Waals surface area contributed by atoms with Crippen LogP contribution in [0.2, 0.25) is 0 Å². The summed E-state index contributed by atoms with van der Waals surface area (Å²) in [6.45, 7) is 3.72. The van der Waals surface area contributed by atoms with E-state index in [1.165, 1.54) is 7.11 Å². The molecular weight excluding hydrogens is 374 g/mol. The van der Waals surface area contributed by atoms with Crippen molar-refractivity contribution in [2.24, 2.45) is 5.73 Å². The molecule has 29 heavy (non-hydrogen) atoms. The number of methoxy groups -OCH3 is 1. The van der Waals surface area contributed by atoms with Crippen LogP contribution in [0.3, 0.4) is 0 Å². The lowest BCUT2D eigenvalue weighted by Crippen LogP contribution is -2.26. The van der Waals surface area contributed by atoms with Crippen LogP contribution in [0.4, 0.5) is 0 Å². The number of nitriles is 2. The molecule has 1 aliphatic rings. The van der Waals surface area contributed by atoms with E-state index in [2.05, 4.69) is 6.07 Å². The lowest BCUT2D eigenvalue weighted by Gasteiger charge is -2.28. The van der Waals surface area contributed by atoms with E-state index in [1.807, 2.05) is 6.07 Å². The smallest absolute Gasteiger partial charge is 0.338 e. The van der Waals surface area contributed by atoms with Crippen molar-refractivity contribution < 1.29 is 23.7 Å². The third-order valence-electron chi connectivity index (χ3n) is 4.32. The minimum atomic E-state index is -0.839. The number of benzene rings is 1. The van der Waals surface area contributed by atoms with E-state index in [0.29, 0.717) is 29.9 Å². The van der Waals surface area contributed by atoms with Crippen molar-refractivity contribution in [1.82, 2.24) is 0 Å². The third kappa shape index (κ3) is 4.61. The minimum absolute atomic E-state index is 0.0776.